The van der Waals surface area contributed by atoms with Crippen molar-refractivity contribution in [2.24, 2.45) is 0 Å². The summed E-state index contributed by atoms with van der Waals surface area (Å²) in [5.41, 5.74) is 2.98. The van der Waals surface area contributed by atoms with Gasteiger partial charge < -0.3 is 20.4 Å². The molecular formula is C34H26N4O4S2. The molecular weight excluding hydrogens is 593 g/mol. The van der Waals surface area contributed by atoms with E-state index in [2.05, 4.69) is 22.0 Å². The Hall–Kier alpha value is -5.37. The van der Waals surface area contributed by atoms with Gasteiger partial charge in [0.2, 0.25) is 5.91 Å². The smallest absolute Gasteiger partial charge is 0.272 e. The Balaban J connectivity index is 1.26. The second kappa shape index (κ2) is 14.2. The molecule has 0 spiro atoms. The molecule has 0 radical (unpaired) electrons. The number of carbonyl (C=O) groups is 3. The maximum absolute atomic E-state index is 13.3. The Morgan fingerprint density at radius 3 is 2.39 bits per heavy atom. The van der Waals surface area contributed by atoms with Gasteiger partial charge in [-0.2, -0.15) is 5.26 Å². The minimum Gasteiger partial charge on any atom is -0.465 e. The van der Waals surface area contributed by atoms with E-state index in [1.165, 1.54) is 35.4 Å². The summed E-state index contributed by atoms with van der Waals surface area (Å²) in [6, 6.07) is 30.8. The fourth-order valence-corrected chi connectivity index (χ4v) is 6.01. The highest BCUT2D eigenvalue weighted by Gasteiger charge is 2.20. The van der Waals surface area contributed by atoms with Crippen molar-refractivity contribution in [3.63, 3.8) is 0 Å². The zero-order chi connectivity index (χ0) is 30.9. The number of carbonyl (C=O) groups excluding carboxylic acids is 3. The van der Waals surface area contributed by atoms with Gasteiger partial charge in [-0.15, -0.1) is 23.1 Å². The normalized spacial score (nSPS) is 11.7. The predicted molar refractivity (Wildman–Crippen MR) is 174 cm³/mol. The maximum atomic E-state index is 13.3. The molecule has 218 valence electrons. The Labute approximate surface area is 262 Å². The molecule has 0 saturated heterocycles. The number of rotatable bonds is 10. The molecule has 2 aromatic heterocycles. The highest BCUT2D eigenvalue weighted by Crippen LogP contribution is 2.35. The van der Waals surface area contributed by atoms with Crippen LogP contribution in [0.2, 0.25) is 0 Å². The molecule has 8 nitrogen and oxygen atoms in total. The summed E-state index contributed by atoms with van der Waals surface area (Å²) in [7, 11) is 0. The predicted octanol–water partition coefficient (Wildman–Crippen LogP) is 7.41. The summed E-state index contributed by atoms with van der Waals surface area (Å²) in [5.74, 6) is -0.845. The number of hydrogen-bond acceptors (Lipinski definition) is 7. The van der Waals surface area contributed by atoms with Crippen LogP contribution in [0.25, 0.3) is 17.2 Å². The van der Waals surface area contributed by atoms with E-state index >= 15 is 0 Å². The van der Waals surface area contributed by atoms with Crippen LogP contribution in [0.4, 0.5) is 10.7 Å². The monoisotopic (exact) mass is 618 g/mol. The van der Waals surface area contributed by atoms with Gasteiger partial charge in [0.1, 0.15) is 22.5 Å². The molecule has 1 atom stereocenters. The Kier molecular flexibility index (Phi) is 9.71. The topological polar surface area (TPSA) is 124 Å². The summed E-state index contributed by atoms with van der Waals surface area (Å²) in [6.07, 6.45) is 2.92. The van der Waals surface area contributed by atoms with Gasteiger partial charge in [0.05, 0.1) is 17.1 Å². The number of benzene rings is 3. The molecule has 3 amide bonds. The largest absolute Gasteiger partial charge is 0.465 e. The van der Waals surface area contributed by atoms with Crippen LogP contribution in [-0.2, 0) is 9.59 Å². The zero-order valence-corrected chi connectivity index (χ0v) is 25.1. The highest BCUT2D eigenvalue weighted by molar-refractivity contribution is 8.00. The lowest BCUT2D eigenvalue weighted by Gasteiger charge is -2.14. The van der Waals surface area contributed by atoms with Crippen LogP contribution >= 0.6 is 23.1 Å². The van der Waals surface area contributed by atoms with Gasteiger partial charge in [0.25, 0.3) is 11.8 Å². The SMILES string of the molecule is CC(Sc1cccc(NC(=O)/C(=C/c2ccco2)NC(=O)c2ccccc2)c1)C(=O)Nc1scc(-c2ccccc2)c1C#N. The Morgan fingerprint density at radius 1 is 0.932 bits per heavy atom. The molecule has 3 N–H and O–H groups in total. The molecule has 0 aliphatic carbocycles. The molecule has 0 aliphatic rings. The molecule has 0 bridgehead atoms. The number of nitrogens with zero attached hydrogens (tertiary/aromatic N) is 1. The minimum atomic E-state index is -0.547. The van der Waals surface area contributed by atoms with Gasteiger partial charge in [-0.3, -0.25) is 14.4 Å². The van der Waals surface area contributed by atoms with Crippen LogP contribution in [0, 0.1) is 11.3 Å². The molecule has 44 heavy (non-hydrogen) atoms. The fourth-order valence-electron chi connectivity index (χ4n) is 4.17. The van der Waals surface area contributed by atoms with E-state index in [4.69, 9.17) is 4.42 Å². The van der Waals surface area contributed by atoms with Gasteiger partial charge in [0.15, 0.2) is 0 Å². The van der Waals surface area contributed by atoms with E-state index in [9.17, 15) is 19.6 Å². The second-order valence-electron chi connectivity index (χ2n) is 9.46. The van der Waals surface area contributed by atoms with Gasteiger partial charge in [-0.1, -0.05) is 54.6 Å². The van der Waals surface area contributed by atoms with Crippen molar-refractivity contribution in [2.75, 3.05) is 10.6 Å². The number of thiophene rings is 1. The molecule has 1 unspecified atom stereocenters. The number of anilines is 2. The summed E-state index contributed by atoms with van der Waals surface area (Å²) < 4.78 is 5.35. The van der Waals surface area contributed by atoms with Crippen LogP contribution in [0.15, 0.2) is 124 Å². The summed E-state index contributed by atoms with van der Waals surface area (Å²) >= 11 is 2.62. The molecule has 5 aromatic rings. The third-order valence-electron chi connectivity index (χ3n) is 6.36. The third kappa shape index (κ3) is 7.52. The number of nitrogens with one attached hydrogen (secondary N) is 3. The second-order valence-corrected chi connectivity index (χ2v) is 11.8. The number of hydrogen-bond donors (Lipinski definition) is 3. The van der Waals surface area contributed by atoms with E-state index < -0.39 is 17.1 Å². The summed E-state index contributed by atoms with van der Waals surface area (Å²) in [5, 5.41) is 20.0. The molecule has 5 rings (SSSR count). The van der Waals surface area contributed by atoms with Crippen molar-refractivity contribution < 1.29 is 18.8 Å². The van der Waals surface area contributed by atoms with Gasteiger partial charge in [-0.05, 0) is 55.0 Å². The third-order valence-corrected chi connectivity index (χ3v) is 8.35. The zero-order valence-electron chi connectivity index (χ0n) is 23.4. The first-order chi connectivity index (χ1) is 21.4. The van der Waals surface area contributed by atoms with Crippen molar-refractivity contribution in [1.29, 1.82) is 5.26 Å². The van der Waals surface area contributed by atoms with Crippen molar-refractivity contribution >= 4 is 57.6 Å². The number of thioether (sulfide) groups is 1. The maximum Gasteiger partial charge on any atom is 0.272 e. The van der Waals surface area contributed by atoms with E-state index in [1.807, 2.05) is 41.8 Å². The average molecular weight is 619 g/mol. The van der Waals surface area contributed by atoms with E-state index in [-0.39, 0.29) is 11.6 Å². The number of furan rings is 1. The first kappa shape index (κ1) is 30.1. The number of nitriles is 1. The minimum absolute atomic E-state index is 0.00118. The van der Waals surface area contributed by atoms with Gasteiger partial charge >= 0.3 is 0 Å². The lowest BCUT2D eigenvalue weighted by atomic mass is 10.1. The van der Waals surface area contributed by atoms with Crippen LogP contribution in [0.3, 0.4) is 0 Å². The molecule has 10 heteroatoms. The van der Waals surface area contributed by atoms with E-state index in [1.54, 1.807) is 67.6 Å². The van der Waals surface area contributed by atoms with E-state index in [0.29, 0.717) is 27.6 Å². The Morgan fingerprint density at radius 2 is 1.68 bits per heavy atom. The van der Waals surface area contributed by atoms with Gasteiger partial charge in [0, 0.05) is 33.2 Å². The van der Waals surface area contributed by atoms with Crippen molar-refractivity contribution in [3.05, 3.63) is 131 Å². The molecule has 2 heterocycles. The van der Waals surface area contributed by atoms with Crippen LogP contribution < -0.4 is 16.0 Å². The van der Waals surface area contributed by atoms with Gasteiger partial charge in [-0.25, -0.2) is 0 Å². The molecule has 3 aromatic carbocycles. The number of amides is 3. The summed E-state index contributed by atoms with van der Waals surface area (Å²) in [4.78, 5) is 39.9. The van der Waals surface area contributed by atoms with Crippen LogP contribution in [0.5, 0.6) is 0 Å². The molecule has 0 saturated carbocycles. The summed E-state index contributed by atoms with van der Waals surface area (Å²) in [6.45, 7) is 1.77. The van der Waals surface area contributed by atoms with Crippen molar-refractivity contribution in [2.45, 2.75) is 17.1 Å². The first-order valence-electron chi connectivity index (χ1n) is 13.5. The average Bonchev–Trinajstić information content (AvgIpc) is 3.71. The first-order valence-corrected chi connectivity index (χ1v) is 15.2. The lowest BCUT2D eigenvalue weighted by Crippen LogP contribution is -2.30. The quantitative estimate of drug-likeness (QED) is 0.111. The van der Waals surface area contributed by atoms with Crippen molar-refractivity contribution in [1.82, 2.24) is 5.32 Å². The van der Waals surface area contributed by atoms with E-state index in [0.717, 1.165) is 16.0 Å². The highest BCUT2D eigenvalue weighted by atomic mass is 32.2. The van der Waals surface area contributed by atoms with Crippen LogP contribution in [0.1, 0.15) is 28.6 Å². The lowest BCUT2D eigenvalue weighted by molar-refractivity contribution is -0.115. The van der Waals surface area contributed by atoms with Crippen molar-refractivity contribution in [3.8, 4) is 17.2 Å². The fraction of sp³-hybridized carbons (Fsp3) is 0.0588. The molecule has 0 aliphatic heterocycles. The Bertz CT molecular complexity index is 1840. The standard InChI is InChI=1S/C34H26N4O4S2/c1-22(31(39)38-34-28(20-35)29(21-43-34)23-10-4-2-5-11-23)44-27-16-8-14-25(18-27)36-33(41)30(19-26-15-9-17-42-26)37-32(40)24-12-6-3-7-13-24/h2-19,21-22H,1H3,(H,36,41)(H,37,40)(H,38,39)/b30-19-. The molecule has 0 fully saturated rings. The van der Waals surface area contributed by atoms with Crippen LogP contribution in [-0.4, -0.2) is 23.0 Å².